The van der Waals surface area contributed by atoms with Crippen molar-refractivity contribution in [2.24, 2.45) is 23.7 Å². The van der Waals surface area contributed by atoms with Crippen molar-refractivity contribution in [2.45, 2.75) is 31.4 Å². The van der Waals surface area contributed by atoms with Gasteiger partial charge in [0.1, 0.15) is 18.5 Å². The summed E-state index contributed by atoms with van der Waals surface area (Å²) < 4.78 is 5.58. The van der Waals surface area contributed by atoms with Crippen LogP contribution < -0.4 is 10.1 Å². The van der Waals surface area contributed by atoms with Crippen LogP contribution in [0, 0.1) is 23.7 Å². The third-order valence-corrected chi connectivity index (χ3v) is 5.51. The molecular formula is C17H23NO2. The Balaban J connectivity index is 1.19. The minimum atomic E-state index is -0.422. The van der Waals surface area contributed by atoms with E-state index in [0.29, 0.717) is 19.2 Å². The van der Waals surface area contributed by atoms with Crippen molar-refractivity contribution in [3.8, 4) is 5.75 Å². The van der Waals surface area contributed by atoms with Crippen molar-refractivity contribution in [3.05, 3.63) is 30.3 Å². The van der Waals surface area contributed by atoms with Crippen LogP contribution in [0.2, 0.25) is 0 Å². The monoisotopic (exact) mass is 273 g/mol. The molecule has 5 atom stereocenters. The number of hydrogen-bond acceptors (Lipinski definition) is 3. The van der Waals surface area contributed by atoms with Crippen molar-refractivity contribution >= 4 is 0 Å². The minimum absolute atomic E-state index is 0.367. The minimum Gasteiger partial charge on any atom is -0.491 e. The largest absolute Gasteiger partial charge is 0.491 e. The van der Waals surface area contributed by atoms with Crippen molar-refractivity contribution in [1.82, 2.24) is 5.32 Å². The lowest BCUT2D eigenvalue weighted by Crippen LogP contribution is -2.34. The number of benzene rings is 1. The lowest BCUT2D eigenvalue weighted by Gasteiger charge is -2.15. The topological polar surface area (TPSA) is 41.5 Å². The molecule has 4 rings (SSSR count). The SMILES string of the molecule is OC(CNC1C2C3CCC(C3)C12)COc1ccccc1. The molecule has 0 aliphatic heterocycles. The number of hydrogen-bond donors (Lipinski definition) is 2. The number of aliphatic hydroxyl groups is 1. The van der Waals surface area contributed by atoms with Gasteiger partial charge in [-0.25, -0.2) is 0 Å². The second-order valence-corrected chi connectivity index (χ2v) is 6.70. The van der Waals surface area contributed by atoms with E-state index in [1.165, 1.54) is 19.3 Å². The third kappa shape index (κ3) is 2.23. The molecule has 3 nitrogen and oxygen atoms in total. The molecule has 0 amide bonds. The van der Waals surface area contributed by atoms with Crippen LogP contribution >= 0.6 is 0 Å². The van der Waals surface area contributed by atoms with Gasteiger partial charge in [0.2, 0.25) is 0 Å². The Morgan fingerprint density at radius 2 is 1.85 bits per heavy atom. The Bertz CT molecular complexity index is 447. The lowest BCUT2D eigenvalue weighted by atomic mass is 10.0. The third-order valence-electron chi connectivity index (χ3n) is 5.51. The molecule has 3 saturated carbocycles. The smallest absolute Gasteiger partial charge is 0.119 e. The average Bonchev–Trinajstić information content (AvgIpc) is 2.87. The molecule has 20 heavy (non-hydrogen) atoms. The van der Waals surface area contributed by atoms with Crippen LogP contribution in [0.15, 0.2) is 30.3 Å². The first kappa shape index (κ1) is 12.7. The van der Waals surface area contributed by atoms with E-state index in [4.69, 9.17) is 4.74 Å². The molecular weight excluding hydrogens is 250 g/mol. The molecule has 1 aromatic rings. The maximum absolute atomic E-state index is 10.0. The van der Waals surface area contributed by atoms with Gasteiger partial charge < -0.3 is 15.2 Å². The van der Waals surface area contributed by atoms with Gasteiger partial charge in [-0.1, -0.05) is 18.2 Å². The van der Waals surface area contributed by atoms with Crippen molar-refractivity contribution < 1.29 is 9.84 Å². The van der Waals surface area contributed by atoms with Gasteiger partial charge in [-0.15, -0.1) is 0 Å². The zero-order valence-electron chi connectivity index (χ0n) is 11.7. The van der Waals surface area contributed by atoms with E-state index in [9.17, 15) is 5.11 Å². The summed E-state index contributed by atoms with van der Waals surface area (Å²) in [6.45, 7) is 1.02. The Morgan fingerprint density at radius 3 is 2.55 bits per heavy atom. The number of ether oxygens (including phenoxy) is 1. The highest BCUT2D eigenvalue weighted by molar-refractivity contribution is 5.21. The van der Waals surface area contributed by atoms with E-state index in [-0.39, 0.29) is 0 Å². The Kier molecular flexibility index (Phi) is 3.20. The van der Waals surface area contributed by atoms with Crippen LogP contribution in [-0.2, 0) is 0 Å². The standard InChI is InChI=1S/C17H23NO2/c19-13(10-20-14-4-2-1-3-5-14)9-18-17-15-11-6-7-12(8-11)16(15)17/h1-5,11-13,15-19H,6-10H2. The molecule has 3 aliphatic rings. The summed E-state index contributed by atoms with van der Waals surface area (Å²) in [5, 5.41) is 13.6. The first-order valence-electron chi connectivity index (χ1n) is 7.92. The Hall–Kier alpha value is -1.06. The normalized spacial score (nSPS) is 38.5. The Morgan fingerprint density at radius 1 is 1.15 bits per heavy atom. The molecule has 0 spiro atoms. The van der Waals surface area contributed by atoms with E-state index in [0.717, 1.165) is 29.4 Å². The number of rotatable bonds is 6. The predicted molar refractivity (Wildman–Crippen MR) is 77.5 cm³/mol. The van der Waals surface area contributed by atoms with E-state index in [1.807, 2.05) is 30.3 Å². The van der Waals surface area contributed by atoms with Crippen LogP contribution in [0.25, 0.3) is 0 Å². The zero-order chi connectivity index (χ0) is 13.5. The van der Waals surface area contributed by atoms with Crippen LogP contribution in [0.1, 0.15) is 19.3 Å². The Labute approximate surface area is 120 Å². The molecule has 3 heteroatoms. The maximum atomic E-state index is 10.0. The molecule has 5 unspecified atom stereocenters. The van der Waals surface area contributed by atoms with Crippen molar-refractivity contribution in [1.29, 1.82) is 0 Å². The van der Waals surface area contributed by atoms with Crippen LogP contribution in [0.3, 0.4) is 0 Å². The fraction of sp³-hybridized carbons (Fsp3) is 0.647. The average molecular weight is 273 g/mol. The van der Waals surface area contributed by atoms with Crippen molar-refractivity contribution in [3.63, 3.8) is 0 Å². The summed E-state index contributed by atoms with van der Waals surface area (Å²) >= 11 is 0. The van der Waals surface area contributed by atoms with Gasteiger partial charge in [0.05, 0.1) is 0 Å². The van der Waals surface area contributed by atoms with Gasteiger partial charge in [0.15, 0.2) is 0 Å². The van der Waals surface area contributed by atoms with Gasteiger partial charge in [0.25, 0.3) is 0 Å². The van der Waals surface area contributed by atoms with Crippen LogP contribution in [0.4, 0.5) is 0 Å². The summed E-state index contributed by atoms with van der Waals surface area (Å²) in [5.41, 5.74) is 0. The number of aliphatic hydroxyl groups excluding tert-OH is 1. The summed E-state index contributed by atoms with van der Waals surface area (Å²) in [4.78, 5) is 0. The van der Waals surface area contributed by atoms with Gasteiger partial charge >= 0.3 is 0 Å². The summed E-state index contributed by atoms with van der Waals surface area (Å²) in [5.74, 6) is 4.65. The molecule has 2 N–H and O–H groups in total. The fourth-order valence-corrected chi connectivity index (χ4v) is 4.64. The van der Waals surface area contributed by atoms with Crippen LogP contribution in [-0.4, -0.2) is 30.4 Å². The van der Waals surface area contributed by atoms with Gasteiger partial charge in [-0.2, -0.15) is 0 Å². The second kappa shape index (κ2) is 5.05. The molecule has 0 saturated heterocycles. The maximum Gasteiger partial charge on any atom is 0.119 e. The van der Waals surface area contributed by atoms with Crippen molar-refractivity contribution in [2.75, 3.05) is 13.2 Å². The predicted octanol–water partition coefficient (Wildman–Crippen LogP) is 2.06. The van der Waals surface area contributed by atoms with E-state index in [2.05, 4.69) is 5.32 Å². The van der Waals surface area contributed by atoms with Gasteiger partial charge in [0, 0.05) is 12.6 Å². The molecule has 0 heterocycles. The molecule has 0 aromatic heterocycles. The van der Waals surface area contributed by atoms with Crippen LogP contribution in [0.5, 0.6) is 5.75 Å². The second-order valence-electron chi connectivity index (χ2n) is 6.70. The van der Waals surface area contributed by atoms with Gasteiger partial charge in [-0.05, 0) is 55.1 Å². The number of nitrogens with one attached hydrogen (secondary N) is 1. The van der Waals surface area contributed by atoms with E-state index in [1.54, 1.807) is 0 Å². The quantitative estimate of drug-likeness (QED) is 0.833. The lowest BCUT2D eigenvalue weighted by molar-refractivity contribution is 0.105. The summed E-state index contributed by atoms with van der Waals surface area (Å²) in [6, 6.07) is 10.4. The summed E-state index contributed by atoms with van der Waals surface area (Å²) in [6.07, 6.45) is 3.95. The summed E-state index contributed by atoms with van der Waals surface area (Å²) in [7, 11) is 0. The first-order chi connectivity index (χ1) is 9.83. The number of para-hydroxylation sites is 1. The number of fused-ring (bicyclic) bond motifs is 5. The highest BCUT2D eigenvalue weighted by Gasteiger charge is 2.64. The fourth-order valence-electron chi connectivity index (χ4n) is 4.64. The molecule has 3 fully saturated rings. The highest BCUT2D eigenvalue weighted by atomic mass is 16.5. The molecule has 2 bridgehead atoms. The highest BCUT2D eigenvalue weighted by Crippen LogP contribution is 2.65. The zero-order valence-corrected chi connectivity index (χ0v) is 11.7. The van der Waals surface area contributed by atoms with Gasteiger partial charge in [-0.3, -0.25) is 0 Å². The first-order valence-corrected chi connectivity index (χ1v) is 7.92. The molecule has 1 aromatic carbocycles. The van der Waals surface area contributed by atoms with E-state index < -0.39 is 6.10 Å². The molecule has 3 aliphatic carbocycles. The molecule has 0 radical (unpaired) electrons. The van der Waals surface area contributed by atoms with E-state index >= 15 is 0 Å². The molecule has 108 valence electrons.